The Balaban J connectivity index is 2.62. The van der Waals surface area contributed by atoms with E-state index in [0.29, 0.717) is 17.9 Å². The summed E-state index contributed by atoms with van der Waals surface area (Å²) in [6, 6.07) is 0. The number of halogens is 3. The second kappa shape index (κ2) is 3.92. The van der Waals surface area contributed by atoms with Crippen LogP contribution in [-0.2, 0) is 14.4 Å². The Kier molecular flexibility index (Phi) is 3.01. The predicted octanol–water partition coefficient (Wildman–Crippen LogP) is 1.19. The summed E-state index contributed by atoms with van der Waals surface area (Å²) in [4.78, 5) is 25.5. The normalized spacial score (nSPS) is 17.9. The van der Waals surface area contributed by atoms with Crippen LogP contribution < -0.4 is 0 Å². The number of rotatable bonds is 1. The molecular formula is C8H8F3NO3. The Morgan fingerprint density at radius 1 is 1.47 bits per heavy atom. The number of nitrogens with zero attached hydrogens (tertiary/aromatic N) is 1. The summed E-state index contributed by atoms with van der Waals surface area (Å²) in [5, 5.41) is 0.391. The van der Waals surface area contributed by atoms with Crippen molar-refractivity contribution in [3.05, 3.63) is 12.2 Å². The molecule has 7 heteroatoms. The van der Waals surface area contributed by atoms with E-state index in [1.54, 1.807) is 0 Å². The van der Waals surface area contributed by atoms with Crippen molar-refractivity contribution in [3.8, 4) is 0 Å². The lowest BCUT2D eigenvalue weighted by atomic mass is 10.1. The molecule has 0 aromatic rings. The van der Waals surface area contributed by atoms with E-state index in [9.17, 15) is 22.8 Å². The van der Waals surface area contributed by atoms with Crippen LogP contribution in [0.4, 0.5) is 13.2 Å². The Morgan fingerprint density at radius 2 is 2.07 bits per heavy atom. The molecule has 0 aliphatic carbocycles. The van der Waals surface area contributed by atoms with E-state index in [4.69, 9.17) is 0 Å². The van der Waals surface area contributed by atoms with Crippen LogP contribution in [0.5, 0.6) is 0 Å². The lowest BCUT2D eigenvalue weighted by molar-refractivity contribution is -0.237. The Bertz CT molecular complexity index is 311. The third-order valence-corrected chi connectivity index (χ3v) is 1.79. The van der Waals surface area contributed by atoms with Gasteiger partial charge in [0.2, 0.25) is 0 Å². The molecule has 1 aliphatic heterocycles. The fourth-order valence-corrected chi connectivity index (χ4v) is 1.06. The Labute approximate surface area is 83.2 Å². The molecule has 0 bridgehead atoms. The number of hydroxylamine groups is 2. The summed E-state index contributed by atoms with van der Waals surface area (Å²) >= 11 is 0. The molecule has 1 rings (SSSR count). The van der Waals surface area contributed by atoms with Gasteiger partial charge in [-0.05, 0) is 12.8 Å². The third kappa shape index (κ3) is 2.71. The van der Waals surface area contributed by atoms with Crippen LogP contribution in [0, 0.1) is 0 Å². The van der Waals surface area contributed by atoms with E-state index in [1.807, 2.05) is 0 Å². The minimum atomic E-state index is -5.10. The van der Waals surface area contributed by atoms with E-state index in [-0.39, 0.29) is 12.1 Å². The largest absolute Gasteiger partial charge is 0.493 e. The number of hydrogen-bond donors (Lipinski definition) is 0. The van der Waals surface area contributed by atoms with Crippen LogP contribution in [-0.4, -0.2) is 29.7 Å². The summed E-state index contributed by atoms with van der Waals surface area (Å²) in [5.74, 6) is -3.18. The van der Waals surface area contributed by atoms with Crippen LogP contribution in [0.3, 0.4) is 0 Å². The van der Waals surface area contributed by atoms with Gasteiger partial charge in [-0.1, -0.05) is 6.58 Å². The maximum Gasteiger partial charge on any atom is 0.493 e. The van der Waals surface area contributed by atoms with E-state index in [0.717, 1.165) is 0 Å². The van der Waals surface area contributed by atoms with Gasteiger partial charge in [-0.25, -0.2) is 4.79 Å². The van der Waals surface area contributed by atoms with Gasteiger partial charge in [-0.2, -0.15) is 18.2 Å². The number of carbonyl (C=O) groups is 2. The molecule has 0 atom stereocenters. The number of carbonyl (C=O) groups excluding carboxylic acids is 2. The van der Waals surface area contributed by atoms with Crippen LogP contribution in [0.2, 0.25) is 0 Å². The third-order valence-electron chi connectivity index (χ3n) is 1.79. The molecule has 1 heterocycles. The van der Waals surface area contributed by atoms with Crippen molar-refractivity contribution in [2.75, 3.05) is 6.54 Å². The molecule has 1 amide bonds. The van der Waals surface area contributed by atoms with Crippen LogP contribution in [0.15, 0.2) is 12.2 Å². The second-order valence-electron chi connectivity index (χ2n) is 2.99. The van der Waals surface area contributed by atoms with Gasteiger partial charge in [0.05, 0.1) is 6.54 Å². The SMILES string of the molecule is C=C1CCCN(OC(=O)C(F)(F)F)C1=O. The zero-order valence-electron chi connectivity index (χ0n) is 7.63. The molecule has 1 aliphatic rings. The van der Waals surface area contributed by atoms with Gasteiger partial charge in [0.25, 0.3) is 5.91 Å². The highest BCUT2D eigenvalue weighted by Gasteiger charge is 2.43. The molecule has 0 spiro atoms. The van der Waals surface area contributed by atoms with Gasteiger partial charge < -0.3 is 4.84 Å². The lowest BCUT2D eigenvalue weighted by Crippen LogP contribution is -2.41. The second-order valence-corrected chi connectivity index (χ2v) is 2.99. The summed E-state index contributed by atoms with van der Waals surface area (Å²) in [7, 11) is 0. The van der Waals surface area contributed by atoms with Gasteiger partial charge in [-0.3, -0.25) is 4.79 Å². The van der Waals surface area contributed by atoms with Gasteiger partial charge in [0.1, 0.15) is 0 Å². The summed E-state index contributed by atoms with van der Waals surface area (Å²) in [6.45, 7) is 3.31. The van der Waals surface area contributed by atoms with Crippen molar-refractivity contribution in [2.45, 2.75) is 19.0 Å². The number of piperidine rings is 1. The van der Waals surface area contributed by atoms with Crippen molar-refractivity contribution in [1.82, 2.24) is 5.06 Å². The van der Waals surface area contributed by atoms with E-state index >= 15 is 0 Å². The maximum absolute atomic E-state index is 11.8. The fourth-order valence-electron chi connectivity index (χ4n) is 1.06. The summed E-state index contributed by atoms with van der Waals surface area (Å²) < 4.78 is 35.4. The summed E-state index contributed by atoms with van der Waals surface area (Å²) in [6.07, 6.45) is -4.27. The zero-order chi connectivity index (χ0) is 11.6. The van der Waals surface area contributed by atoms with Gasteiger partial charge in [0.15, 0.2) is 0 Å². The van der Waals surface area contributed by atoms with Crippen molar-refractivity contribution < 1.29 is 27.6 Å². The highest BCUT2D eigenvalue weighted by Crippen LogP contribution is 2.20. The highest BCUT2D eigenvalue weighted by molar-refractivity contribution is 5.93. The number of hydrogen-bond acceptors (Lipinski definition) is 3. The topological polar surface area (TPSA) is 46.6 Å². The zero-order valence-corrected chi connectivity index (χ0v) is 7.63. The Morgan fingerprint density at radius 3 is 2.60 bits per heavy atom. The molecule has 15 heavy (non-hydrogen) atoms. The molecular weight excluding hydrogens is 215 g/mol. The van der Waals surface area contributed by atoms with Gasteiger partial charge >= 0.3 is 12.1 Å². The molecule has 0 unspecified atom stereocenters. The van der Waals surface area contributed by atoms with Crippen molar-refractivity contribution in [2.24, 2.45) is 0 Å². The van der Waals surface area contributed by atoms with E-state index < -0.39 is 18.1 Å². The molecule has 84 valence electrons. The molecule has 0 saturated carbocycles. The molecule has 4 nitrogen and oxygen atoms in total. The first-order chi connectivity index (χ1) is 6.82. The smallest absolute Gasteiger partial charge is 0.329 e. The van der Waals surface area contributed by atoms with Crippen molar-refractivity contribution in [3.63, 3.8) is 0 Å². The minimum absolute atomic E-state index is 0.0420. The fraction of sp³-hybridized carbons (Fsp3) is 0.500. The predicted molar refractivity (Wildman–Crippen MR) is 42.2 cm³/mol. The maximum atomic E-state index is 11.8. The molecule has 1 fully saturated rings. The van der Waals surface area contributed by atoms with Crippen molar-refractivity contribution in [1.29, 1.82) is 0 Å². The molecule has 0 aromatic heterocycles. The summed E-state index contributed by atoms with van der Waals surface area (Å²) in [5.41, 5.74) is 0.135. The minimum Gasteiger partial charge on any atom is -0.329 e. The van der Waals surface area contributed by atoms with Gasteiger partial charge in [0, 0.05) is 5.57 Å². The van der Waals surface area contributed by atoms with Crippen molar-refractivity contribution >= 4 is 11.9 Å². The average Bonchev–Trinajstić information content (AvgIpc) is 2.11. The average molecular weight is 223 g/mol. The monoisotopic (exact) mass is 223 g/mol. The standard InChI is InChI=1S/C8H8F3NO3/c1-5-3-2-4-12(6(5)13)15-7(14)8(9,10)11/h1-4H2. The van der Waals surface area contributed by atoms with E-state index in [2.05, 4.69) is 11.4 Å². The van der Waals surface area contributed by atoms with Crippen LogP contribution in [0.25, 0.3) is 0 Å². The quantitative estimate of drug-likeness (QED) is 0.627. The molecule has 0 N–H and O–H groups in total. The molecule has 0 aromatic carbocycles. The number of amides is 1. The van der Waals surface area contributed by atoms with Gasteiger partial charge in [-0.15, -0.1) is 0 Å². The first-order valence-corrected chi connectivity index (χ1v) is 4.11. The first kappa shape index (κ1) is 11.5. The highest BCUT2D eigenvalue weighted by atomic mass is 19.4. The van der Waals surface area contributed by atoms with Crippen LogP contribution >= 0.6 is 0 Å². The first-order valence-electron chi connectivity index (χ1n) is 4.11. The Hall–Kier alpha value is -1.53. The molecule has 0 radical (unpaired) electrons. The number of alkyl halides is 3. The molecule has 1 saturated heterocycles. The van der Waals surface area contributed by atoms with E-state index in [1.165, 1.54) is 0 Å². The van der Waals surface area contributed by atoms with Crippen LogP contribution in [0.1, 0.15) is 12.8 Å². The lowest BCUT2D eigenvalue weighted by Gasteiger charge is -2.26.